The fourth-order valence-electron chi connectivity index (χ4n) is 1.24. The Morgan fingerprint density at radius 3 is 2.00 bits per heavy atom. The molecule has 0 aliphatic heterocycles. The number of halogens is 1. The second-order valence-corrected chi connectivity index (χ2v) is 5.54. The van der Waals surface area contributed by atoms with Gasteiger partial charge in [-0.1, -0.05) is 61.6 Å². The molecule has 0 aliphatic rings. The minimum atomic E-state index is 0.366. The summed E-state index contributed by atoms with van der Waals surface area (Å²) in [5, 5.41) is 8.54. The first-order chi connectivity index (χ1) is 5.77. The summed E-state index contributed by atoms with van der Waals surface area (Å²) in [4.78, 5) is 0. The predicted octanol–water partition coefficient (Wildman–Crippen LogP) is 3.53. The molecule has 0 aliphatic carbocycles. The number of rotatable bonds is 8. The van der Waals surface area contributed by atoms with Crippen LogP contribution in [-0.2, 0) is 0 Å². The minimum absolute atomic E-state index is 0.366. The van der Waals surface area contributed by atoms with Gasteiger partial charge in [0.15, 0.2) is 0 Å². The van der Waals surface area contributed by atoms with Crippen LogP contribution in [0.5, 0.6) is 0 Å². The van der Waals surface area contributed by atoms with Crippen LogP contribution in [0.25, 0.3) is 0 Å². The smallest absolute Gasteiger partial charge is 0.0431 e. The van der Waals surface area contributed by atoms with Crippen molar-refractivity contribution < 1.29 is 5.11 Å². The summed E-state index contributed by atoms with van der Waals surface area (Å²) in [6, 6.07) is 0. The van der Waals surface area contributed by atoms with Crippen molar-refractivity contribution in [3.63, 3.8) is 0 Å². The fraction of sp³-hybridized carbons (Fsp3) is 1.00. The Balaban J connectivity index is 2.82. The van der Waals surface area contributed by atoms with Crippen molar-refractivity contribution in [2.45, 2.75) is 55.8 Å². The van der Waals surface area contributed by atoms with Gasteiger partial charge in [0, 0.05) is 10.5 Å². The van der Waals surface area contributed by atoms with E-state index in [0.29, 0.717) is 6.61 Å². The number of alkyl halides is 1. The summed E-state index contributed by atoms with van der Waals surface area (Å²) in [5.41, 5.74) is 0. The van der Waals surface area contributed by atoms with Crippen molar-refractivity contribution in [1.82, 2.24) is 0 Å². The summed E-state index contributed by atoms with van der Waals surface area (Å²) in [5.74, 6) is 0. The lowest BCUT2D eigenvalue weighted by molar-refractivity contribution is 0.282. The molecule has 0 amide bonds. The first-order valence-corrected chi connectivity index (χ1v) is 6.27. The van der Waals surface area contributed by atoms with E-state index in [9.17, 15) is 0 Å². The molecule has 0 aromatic carbocycles. The van der Waals surface area contributed by atoms with E-state index in [4.69, 9.17) is 5.11 Å². The summed E-state index contributed by atoms with van der Waals surface area (Å²) in [6.07, 6.45) is 8.96. The monoisotopic (exact) mass is 284 g/mol. The first kappa shape index (κ1) is 12.7. The molecule has 0 saturated heterocycles. The number of hydrogen-bond donors (Lipinski definition) is 1. The van der Waals surface area contributed by atoms with Crippen molar-refractivity contribution in [2.75, 3.05) is 6.61 Å². The van der Waals surface area contributed by atoms with Crippen molar-refractivity contribution in [3.05, 3.63) is 0 Å². The van der Waals surface area contributed by atoms with Crippen molar-refractivity contribution in [2.24, 2.45) is 0 Å². The van der Waals surface area contributed by atoms with Gasteiger partial charge in [-0.2, -0.15) is 0 Å². The van der Waals surface area contributed by atoms with Crippen LogP contribution in [0.15, 0.2) is 0 Å². The summed E-state index contributed by atoms with van der Waals surface area (Å²) in [7, 11) is 0. The molecule has 0 fully saturated rings. The molecule has 0 aromatic rings. The fourth-order valence-corrected chi connectivity index (χ4v) is 1.68. The summed E-state index contributed by atoms with van der Waals surface area (Å²) in [6.45, 7) is 2.64. The number of aliphatic hydroxyl groups is 1. The Morgan fingerprint density at radius 2 is 1.50 bits per heavy atom. The van der Waals surface area contributed by atoms with E-state index in [-0.39, 0.29) is 0 Å². The third kappa shape index (κ3) is 10.7. The molecule has 0 unspecified atom stereocenters. The number of aliphatic hydroxyl groups excluding tert-OH is 1. The normalized spacial score (nSPS) is 13.2. The Hall–Kier alpha value is 0.690. The molecular formula is C10H21IO. The van der Waals surface area contributed by atoms with Crippen LogP contribution in [0.2, 0.25) is 0 Å². The van der Waals surface area contributed by atoms with Gasteiger partial charge in [0.25, 0.3) is 0 Å². The van der Waals surface area contributed by atoms with Crippen LogP contribution < -0.4 is 0 Å². The van der Waals surface area contributed by atoms with Gasteiger partial charge in [0.05, 0.1) is 0 Å². The average molecular weight is 284 g/mol. The van der Waals surface area contributed by atoms with Gasteiger partial charge in [-0.15, -0.1) is 0 Å². The highest BCUT2D eigenvalue weighted by Gasteiger charge is 1.95. The SMILES string of the molecule is C[C@H](I)CCCCCCCCO. The lowest BCUT2D eigenvalue weighted by Crippen LogP contribution is -1.89. The second-order valence-electron chi connectivity index (χ2n) is 3.41. The zero-order chi connectivity index (χ0) is 9.23. The van der Waals surface area contributed by atoms with E-state index >= 15 is 0 Å². The molecule has 0 radical (unpaired) electrons. The lowest BCUT2D eigenvalue weighted by atomic mass is 10.1. The molecule has 0 heterocycles. The molecule has 1 N–H and O–H groups in total. The number of unbranched alkanes of at least 4 members (excludes halogenated alkanes) is 5. The first-order valence-electron chi connectivity index (χ1n) is 5.02. The Bertz CT molecular complexity index is 83.9. The van der Waals surface area contributed by atoms with Gasteiger partial charge in [-0.05, 0) is 12.8 Å². The maximum atomic E-state index is 8.54. The minimum Gasteiger partial charge on any atom is -0.396 e. The van der Waals surface area contributed by atoms with Crippen LogP contribution in [0.3, 0.4) is 0 Å². The molecule has 74 valence electrons. The topological polar surface area (TPSA) is 20.2 Å². The Morgan fingerprint density at radius 1 is 1.00 bits per heavy atom. The van der Waals surface area contributed by atoms with E-state index in [1.54, 1.807) is 0 Å². The Labute approximate surface area is 90.1 Å². The lowest BCUT2D eigenvalue weighted by Gasteiger charge is -2.02. The quantitative estimate of drug-likeness (QED) is 0.410. The van der Waals surface area contributed by atoms with Crippen molar-refractivity contribution in [1.29, 1.82) is 0 Å². The second kappa shape index (κ2) is 9.78. The van der Waals surface area contributed by atoms with Gasteiger partial charge in [0.2, 0.25) is 0 Å². The van der Waals surface area contributed by atoms with E-state index in [1.807, 2.05) is 0 Å². The summed E-state index contributed by atoms with van der Waals surface area (Å²) >= 11 is 2.48. The van der Waals surface area contributed by atoms with Crippen LogP contribution >= 0.6 is 22.6 Å². The molecule has 0 spiro atoms. The molecule has 0 saturated carbocycles. The van der Waals surface area contributed by atoms with E-state index in [1.165, 1.54) is 38.5 Å². The van der Waals surface area contributed by atoms with Gasteiger partial charge >= 0.3 is 0 Å². The average Bonchev–Trinajstić information content (AvgIpc) is 2.02. The highest BCUT2D eigenvalue weighted by Crippen LogP contribution is 2.12. The van der Waals surface area contributed by atoms with Crippen molar-refractivity contribution in [3.8, 4) is 0 Å². The van der Waals surface area contributed by atoms with Gasteiger partial charge < -0.3 is 5.11 Å². The highest BCUT2D eigenvalue weighted by atomic mass is 127. The van der Waals surface area contributed by atoms with Gasteiger partial charge in [0.1, 0.15) is 0 Å². The maximum Gasteiger partial charge on any atom is 0.0431 e. The van der Waals surface area contributed by atoms with Gasteiger partial charge in [-0.3, -0.25) is 0 Å². The van der Waals surface area contributed by atoms with Crippen LogP contribution in [0.4, 0.5) is 0 Å². The van der Waals surface area contributed by atoms with Crippen LogP contribution in [0, 0.1) is 0 Å². The van der Waals surface area contributed by atoms with E-state index < -0.39 is 0 Å². The van der Waals surface area contributed by atoms with Crippen molar-refractivity contribution >= 4 is 22.6 Å². The summed E-state index contributed by atoms with van der Waals surface area (Å²) < 4.78 is 0.833. The third-order valence-corrected chi connectivity index (χ3v) is 2.63. The Kier molecular flexibility index (Phi) is 10.3. The predicted molar refractivity (Wildman–Crippen MR) is 62.9 cm³/mol. The largest absolute Gasteiger partial charge is 0.396 e. The zero-order valence-electron chi connectivity index (χ0n) is 8.06. The van der Waals surface area contributed by atoms with E-state index in [2.05, 4.69) is 29.5 Å². The molecule has 1 nitrogen and oxygen atoms in total. The molecule has 0 rings (SSSR count). The highest BCUT2D eigenvalue weighted by molar-refractivity contribution is 14.1. The molecule has 1 atom stereocenters. The molecule has 0 bridgehead atoms. The molecule has 12 heavy (non-hydrogen) atoms. The zero-order valence-corrected chi connectivity index (χ0v) is 10.2. The maximum absolute atomic E-state index is 8.54. The van der Waals surface area contributed by atoms with E-state index in [0.717, 1.165) is 10.3 Å². The standard InChI is InChI=1S/C10H21IO/c1-10(11)8-6-4-2-3-5-7-9-12/h10,12H,2-9H2,1H3/t10-/m0/s1. The molecule has 0 aromatic heterocycles. The van der Waals surface area contributed by atoms with Crippen LogP contribution in [0.1, 0.15) is 51.9 Å². The molecule has 2 heteroatoms. The van der Waals surface area contributed by atoms with Gasteiger partial charge in [-0.25, -0.2) is 0 Å². The third-order valence-electron chi connectivity index (χ3n) is 2.01. The van der Waals surface area contributed by atoms with Crippen LogP contribution in [-0.4, -0.2) is 15.6 Å². The molecular weight excluding hydrogens is 263 g/mol. The number of hydrogen-bond acceptors (Lipinski definition) is 1.